The van der Waals surface area contributed by atoms with Gasteiger partial charge >= 0.3 is 0 Å². The summed E-state index contributed by atoms with van der Waals surface area (Å²) < 4.78 is 0. The largest absolute Gasteiger partial charge is 0.382 e. The second-order valence-corrected chi connectivity index (χ2v) is 3.46. The molecule has 0 aromatic carbocycles. The Balaban J connectivity index is 0. The van der Waals surface area contributed by atoms with Crippen LogP contribution >= 0.6 is 24.8 Å². The Morgan fingerprint density at radius 2 is 2.00 bits per heavy atom. The third-order valence-corrected chi connectivity index (χ3v) is 2.06. The highest BCUT2D eigenvalue weighted by Gasteiger charge is 2.12. The van der Waals surface area contributed by atoms with Crippen LogP contribution in [-0.2, 0) is 0 Å². The Morgan fingerprint density at radius 1 is 1.39 bits per heavy atom. The van der Waals surface area contributed by atoms with Crippen LogP contribution in [0.2, 0.25) is 0 Å². The normalized spacial score (nSPS) is 10.8. The molecule has 0 aliphatic rings. The molecule has 0 saturated carbocycles. The SMILES string of the molecule is CCN[C@H](C)CNC(=O)c1nccnc1N.Cl.Cl. The van der Waals surface area contributed by atoms with E-state index in [0.717, 1.165) is 6.54 Å². The standard InChI is InChI=1S/C10H17N5O.2ClH/c1-3-12-7(2)6-15-10(16)8-9(11)14-5-4-13-8;;/h4-5,7,12H,3,6H2,1-2H3,(H2,11,14)(H,15,16);2*1H/t7-;;/m1../s1. The molecule has 1 atom stereocenters. The average molecular weight is 296 g/mol. The van der Waals surface area contributed by atoms with Crippen LogP contribution in [0.25, 0.3) is 0 Å². The topological polar surface area (TPSA) is 92.9 Å². The van der Waals surface area contributed by atoms with Crippen LogP contribution < -0.4 is 16.4 Å². The van der Waals surface area contributed by atoms with Crippen LogP contribution in [0, 0.1) is 0 Å². The number of likely N-dealkylation sites (N-methyl/N-ethyl adjacent to an activating group) is 1. The fourth-order valence-electron chi connectivity index (χ4n) is 1.27. The minimum Gasteiger partial charge on any atom is -0.382 e. The number of hydrogen-bond acceptors (Lipinski definition) is 5. The molecule has 18 heavy (non-hydrogen) atoms. The Bertz CT molecular complexity index is 364. The first-order chi connectivity index (χ1) is 7.65. The third kappa shape index (κ3) is 6.00. The van der Waals surface area contributed by atoms with Crippen molar-refractivity contribution in [2.24, 2.45) is 0 Å². The molecule has 0 spiro atoms. The van der Waals surface area contributed by atoms with Gasteiger partial charge in [0.2, 0.25) is 0 Å². The number of rotatable bonds is 5. The lowest BCUT2D eigenvalue weighted by molar-refractivity contribution is 0.0946. The molecule has 1 aromatic rings. The summed E-state index contributed by atoms with van der Waals surface area (Å²) in [4.78, 5) is 19.3. The number of aromatic nitrogens is 2. The number of halogens is 2. The molecule has 1 rings (SSSR count). The molecule has 0 saturated heterocycles. The Labute approximate surface area is 119 Å². The van der Waals surface area contributed by atoms with Gasteiger partial charge in [-0.25, -0.2) is 9.97 Å². The zero-order chi connectivity index (χ0) is 12.0. The molecular formula is C10H19Cl2N5O. The van der Waals surface area contributed by atoms with Crippen LogP contribution in [-0.4, -0.2) is 35.0 Å². The maximum Gasteiger partial charge on any atom is 0.273 e. The van der Waals surface area contributed by atoms with Crippen LogP contribution in [0.1, 0.15) is 24.3 Å². The Kier molecular flexibility index (Phi) is 10.6. The first-order valence-corrected chi connectivity index (χ1v) is 5.23. The molecule has 0 unspecified atom stereocenters. The van der Waals surface area contributed by atoms with Crippen molar-refractivity contribution >= 4 is 36.5 Å². The molecule has 6 nitrogen and oxygen atoms in total. The summed E-state index contributed by atoms with van der Waals surface area (Å²) in [5.41, 5.74) is 5.71. The summed E-state index contributed by atoms with van der Waals surface area (Å²) in [6, 6.07) is 0.215. The number of nitrogens with zero attached hydrogens (tertiary/aromatic N) is 2. The molecule has 4 N–H and O–H groups in total. The fraction of sp³-hybridized carbons (Fsp3) is 0.500. The second kappa shape index (κ2) is 9.87. The highest BCUT2D eigenvalue weighted by atomic mass is 35.5. The molecule has 1 amide bonds. The van der Waals surface area contributed by atoms with Crippen molar-refractivity contribution in [1.29, 1.82) is 0 Å². The van der Waals surface area contributed by atoms with Crippen molar-refractivity contribution in [3.63, 3.8) is 0 Å². The lowest BCUT2D eigenvalue weighted by Gasteiger charge is -2.13. The van der Waals surface area contributed by atoms with Gasteiger partial charge in [0.05, 0.1) is 0 Å². The van der Waals surface area contributed by atoms with Gasteiger partial charge in [-0.1, -0.05) is 6.92 Å². The minimum absolute atomic E-state index is 0. The molecule has 0 bridgehead atoms. The van der Waals surface area contributed by atoms with Gasteiger partial charge in [0.25, 0.3) is 5.91 Å². The number of nitrogen functional groups attached to an aromatic ring is 1. The number of nitrogens with two attached hydrogens (primary N) is 1. The van der Waals surface area contributed by atoms with E-state index in [-0.39, 0.29) is 48.3 Å². The van der Waals surface area contributed by atoms with E-state index in [1.807, 2.05) is 13.8 Å². The van der Waals surface area contributed by atoms with Crippen LogP contribution in [0.3, 0.4) is 0 Å². The van der Waals surface area contributed by atoms with E-state index in [4.69, 9.17) is 5.73 Å². The molecule has 8 heteroatoms. The molecule has 104 valence electrons. The van der Waals surface area contributed by atoms with Gasteiger partial charge in [-0.15, -0.1) is 24.8 Å². The van der Waals surface area contributed by atoms with Crippen molar-refractivity contribution in [2.75, 3.05) is 18.8 Å². The van der Waals surface area contributed by atoms with Crippen molar-refractivity contribution in [3.8, 4) is 0 Å². The molecule has 1 heterocycles. The van der Waals surface area contributed by atoms with Gasteiger partial charge in [0.15, 0.2) is 11.5 Å². The van der Waals surface area contributed by atoms with Gasteiger partial charge in [-0.05, 0) is 13.5 Å². The van der Waals surface area contributed by atoms with Gasteiger partial charge in [-0.3, -0.25) is 4.79 Å². The molecule has 1 aromatic heterocycles. The van der Waals surface area contributed by atoms with E-state index < -0.39 is 0 Å². The third-order valence-electron chi connectivity index (χ3n) is 2.06. The number of amides is 1. The summed E-state index contributed by atoms with van der Waals surface area (Å²) in [5.74, 6) is -0.147. The first-order valence-electron chi connectivity index (χ1n) is 5.23. The first kappa shape index (κ1) is 19.2. The fourth-order valence-corrected chi connectivity index (χ4v) is 1.27. The van der Waals surface area contributed by atoms with Crippen molar-refractivity contribution in [3.05, 3.63) is 18.1 Å². The summed E-state index contributed by atoms with van der Waals surface area (Å²) >= 11 is 0. The van der Waals surface area contributed by atoms with Gasteiger partial charge in [0, 0.05) is 25.0 Å². The van der Waals surface area contributed by atoms with E-state index in [2.05, 4.69) is 20.6 Å². The van der Waals surface area contributed by atoms with Crippen molar-refractivity contribution in [1.82, 2.24) is 20.6 Å². The lowest BCUT2D eigenvalue weighted by atomic mass is 10.3. The van der Waals surface area contributed by atoms with E-state index >= 15 is 0 Å². The van der Waals surface area contributed by atoms with Crippen LogP contribution in [0.15, 0.2) is 12.4 Å². The predicted molar refractivity (Wildman–Crippen MR) is 76.4 cm³/mol. The summed E-state index contributed by atoms with van der Waals surface area (Å²) in [6.07, 6.45) is 2.90. The van der Waals surface area contributed by atoms with Crippen LogP contribution in [0.5, 0.6) is 0 Å². The van der Waals surface area contributed by atoms with Gasteiger partial charge in [-0.2, -0.15) is 0 Å². The molecule has 0 aliphatic heterocycles. The second-order valence-electron chi connectivity index (χ2n) is 3.46. The predicted octanol–water partition coefficient (Wildman–Crippen LogP) is 0.630. The summed E-state index contributed by atoms with van der Waals surface area (Å²) in [7, 11) is 0. The smallest absolute Gasteiger partial charge is 0.273 e. The number of carbonyl (C=O) groups excluding carboxylic acids is 1. The van der Waals surface area contributed by atoms with Crippen molar-refractivity contribution in [2.45, 2.75) is 19.9 Å². The van der Waals surface area contributed by atoms with Crippen LogP contribution in [0.4, 0.5) is 5.82 Å². The maximum absolute atomic E-state index is 11.7. The minimum atomic E-state index is -0.296. The number of anilines is 1. The number of nitrogens with one attached hydrogen (secondary N) is 2. The molecule has 0 aliphatic carbocycles. The summed E-state index contributed by atoms with van der Waals surface area (Å²) in [6.45, 7) is 5.40. The molecular weight excluding hydrogens is 277 g/mol. The Hall–Kier alpha value is -1.11. The quantitative estimate of drug-likeness (QED) is 0.741. The van der Waals surface area contributed by atoms with Gasteiger partial charge in [0.1, 0.15) is 0 Å². The summed E-state index contributed by atoms with van der Waals surface area (Å²) in [5, 5.41) is 5.93. The van der Waals surface area contributed by atoms with Crippen molar-refractivity contribution < 1.29 is 4.79 Å². The van der Waals surface area contributed by atoms with E-state index in [9.17, 15) is 4.79 Å². The highest BCUT2D eigenvalue weighted by molar-refractivity contribution is 5.96. The van der Waals surface area contributed by atoms with Gasteiger partial charge < -0.3 is 16.4 Å². The maximum atomic E-state index is 11.7. The monoisotopic (exact) mass is 295 g/mol. The Morgan fingerprint density at radius 3 is 2.56 bits per heavy atom. The zero-order valence-corrected chi connectivity index (χ0v) is 12.0. The van der Waals surface area contributed by atoms with E-state index in [1.54, 1.807) is 0 Å². The average Bonchev–Trinajstić information content (AvgIpc) is 2.27. The number of hydrogen-bond donors (Lipinski definition) is 3. The molecule has 0 radical (unpaired) electrons. The highest BCUT2D eigenvalue weighted by Crippen LogP contribution is 2.01. The van der Waals surface area contributed by atoms with E-state index in [1.165, 1.54) is 12.4 Å². The number of carbonyl (C=O) groups is 1. The molecule has 0 fully saturated rings. The lowest BCUT2D eigenvalue weighted by Crippen LogP contribution is -2.39. The zero-order valence-electron chi connectivity index (χ0n) is 10.3. The van der Waals surface area contributed by atoms with E-state index in [0.29, 0.717) is 6.54 Å².